The standard InChI is InChI=1S/C18H17N5O4S/c1-11(15(24)22-18(26)20-13-6-4-3-5-7-13)27-17(25)14-10-28-16(21-14)12-8-19-23(2)9-12/h3-11H,1-2H3,(H2,20,22,24,26). The van der Waals surface area contributed by atoms with Crippen LogP contribution in [0, 0.1) is 0 Å². The quantitative estimate of drug-likeness (QED) is 0.637. The molecular weight excluding hydrogens is 382 g/mol. The number of amides is 3. The summed E-state index contributed by atoms with van der Waals surface area (Å²) >= 11 is 1.26. The van der Waals surface area contributed by atoms with Gasteiger partial charge in [-0.1, -0.05) is 18.2 Å². The lowest BCUT2D eigenvalue weighted by atomic mass is 10.3. The smallest absolute Gasteiger partial charge is 0.358 e. The highest BCUT2D eigenvalue weighted by Crippen LogP contribution is 2.23. The number of benzene rings is 1. The number of hydrogen-bond acceptors (Lipinski definition) is 7. The SMILES string of the molecule is CC(OC(=O)c1csc(-c2cnn(C)c2)n1)C(=O)NC(=O)Nc1ccccc1. The molecule has 0 bridgehead atoms. The van der Waals surface area contributed by atoms with E-state index < -0.39 is 24.0 Å². The van der Waals surface area contributed by atoms with Crippen LogP contribution in [0.5, 0.6) is 0 Å². The minimum Gasteiger partial charge on any atom is -0.448 e. The summed E-state index contributed by atoms with van der Waals surface area (Å²) < 4.78 is 6.72. The molecule has 3 rings (SSSR count). The van der Waals surface area contributed by atoms with Crippen molar-refractivity contribution in [2.24, 2.45) is 7.05 Å². The molecule has 3 amide bonds. The number of nitrogens with one attached hydrogen (secondary N) is 2. The topological polar surface area (TPSA) is 115 Å². The van der Waals surface area contributed by atoms with Crippen molar-refractivity contribution < 1.29 is 19.1 Å². The number of thiazole rings is 1. The number of rotatable bonds is 5. The molecule has 1 atom stereocenters. The first-order chi connectivity index (χ1) is 13.4. The first-order valence-corrected chi connectivity index (χ1v) is 9.13. The van der Waals surface area contributed by atoms with Gasteiger partial charge in [-0.25, -0.2) is 14.6 Å². The molecule has 0 radical (unpaired) electrons. The van der Waals surface area contributed by atoms with Crippen LogP contribution in [0.1, 0.15) is 17.4 Å². The van der Waals surface area contributed by atoms with Gasteiger partial charge in [-0.05, 0) is 19.1 Å². The molecule has 28 heavy (non-hydrogen) atoms. The lowest BCUT2D eigenvalue weighted by Crippen LogP contribution is -2.41. The zero-order valence-electron chi connectivity index (χ0n) is 15.1. The van der Waals surface area contributed by atoms with E-state index in [9.17, 15) is 14.4 Å². The molecule has 0 aliphatic carbocycles. The molecule has 144 valence electrons. The average molecular weight is 399 g/mol. The molecule has 10 heteroatoms. The molecule has 2 N–H and O–H groups in total. The second kappa shape index (κ2) is 8.44. The van der Waals surface area contributed by atoms with E-state index in [0.29, 0.717) is 10.7 Å². The van der Waals surface area contributed by atoms with Crippen LogP contribution in [0.25, 0.3) is 10.6 Å². The van der Waals surface area contributed by atoms with Crippen molar-refractivity contribution in [3.05, 3.63) is 53.8 Å². The normalized spacial score (nSPS) is 11.5. The number of urea groups is 1. The van der Waals surface area contributed by atoms with Crippen molar-refractivity contribution >= 4 is 34.9 Å². The Labute approximate surface area is 164 Å². The number of esters is 1. The largest absolute Gasteiger partial charge is 0.448 e. The van der Waals surface area contributed by atoms with Gasteiger partial charge in [0.05, 0.1) is 6.20 Å². The van der Waals surface area contributed by atoms with E-state index in [-0.39, 0.29) is 5.69 Å². The number of ether oxygens (including phenoxy) is 1. The van der Waals surface area contributed by atoms with E-state index in [1.807, 2.05) is 0 Å². The molecular formula is C18H17N5O4S. The maximum atomic E-state index is 12.2. The third kappa shape index (κ3) is 4.80. The van der Waals surface area contributed by atoms with Gasteiger partial charge < -0.3 is 10.1 Å². The van der Waals surface area contributed by atoms with Gasteiger partial charge >= 0.3 is 12.0 Å². The van der Waals surface area contributed by atoms with Crippen LogP contribution in [0.3, 0.4) is 0 Å². The minimum absolute atomic E-state index is 0.0808. The van der Waals surface area contributed by atoms with Crippen LogP contribution in [0.2, 0.25) is 0 Å². The number of carbonyl (C=O) groups is 3. The fourth-order valence-corrected chi connectivity index (χ4v) is 2.97. The van der Waals surface area contributed by atoms with Crippen molar-refractivity contribution in [2.75, 3.05) is 5.32 Å². The van der Waals surface area contributed by atoms with Gasteiger partial charge in [-0.3, -0.25) is 14.8 Å². The van der Waals surface area contributed by atoms with Gasteiger partial charge in [0.2, 0.25) is 0 Å². The van der Waals surface area contributed by atoms with Crippen LogP contribution in [0.15, 0.2) is 48.1 Å². The summed E-state index contributed by atoms with van der Waals surface area (Å²) in [6.07, 6.45) is 2.24. The fraction of sp³-hybridized carbons (Fsp3) is 0.167. The summed E-state index contributed by atoms with van der Waals surface area (Å²) in [5.74, 6) is -1.50. The van der Waals surface area contributed by atoms with E-state index in [1.54, 1.807) is 54.5 Å². The van der Waals surface area contributed by atoms with Crippen LogP contribution >= 0.6 is 11.3 Å². The van der Waals surface area contributed by atoms with Gasteiger partial charge in [0.25, 0.3) is 5.91 Å². The maximum Gasteiger partial charge on any atom is 0.358 e. The minimum atomic E-state index is -1.17. The Morgan fingerprint density at radius 3 is 2.64 bits per heavy atom. The van der Waals surface area contributed by atoms with Crippen molar-refractivity contribution in [1.82, 2.24) is 20.1 Å². The number of anilines is 1. The molecule has 2 heterocycles. The van der Waals surface area contributed by atoms with Crippen molar-refractivity contribution in [1.29, 1.82) is 0 Å². The number of para-hydroxylation sites is 1. The zero-order valence-corrected chi connectivity index (χ0v) is 15.9. The number of hydrogen-bond donors (Lipinski definition) is 2. The van der Waals surface area contributed by atoms with Gasteiger partial charge in [-0.15, -0.1) is 11.3 Å². The Kier molecular flexibility index (Phi) is 5.80. The molecule has 1 unspecified atom stereocenters. The second-order valence-electron chi connectivity index (χ2n) is 5.80. The molecule has 0 spiro atoms. The lowest BCUT2D eigenvalue weighted by molar-refractivity contribution is -0.127. The summed E-state index contributed by atoms with van der Waals surface area (Å²) in [6, 6.07) is 7.93. The number of aryl methyl sites for hydroxylation is 1. The number of carbonyl (C=O) groups excluding carboxylic acids is 3. The molecule has 0 saturated carbocycles. The van der Waals surface area contributed by atoms with Crippen LogP contribution < -0.4 is 10.6 Å². The van der Waals surface area contributed by atoms with E-state index in [4.69, 9.17) is 4.74 Å². The Bertz CT molecular complexity index is 998. The molecule has 0 aliphatic heterocycles. The van der Waals surface area contributed by atoms with Gasteiger partial charge in [0, 0.05) is 29.9 Å². The third-order valence-electron chi connectivity index (χ3n) is 3.59. The Balaban J connectivity index is 1.54. The molecule has 9 nitrogen and oxygen atoms in total. The van der Waals surface area contributed by atoms with Crippen LogP contribution in [-0.2, 0) is 16.6 Å². The van der Waals surface area contributed by atoms with E-state index in [1.165, 1.54) is 23.6 Å². The Morgan fingerprint density at radius 1 is 1.21 bits per heavy atom. The van der Waals surface area contributed by atoms with E-state index in [2.05, 4.69) is 20.7 Å². The first kappa shape index (κ1) is 19.2. The number of nitrogens with zero attached hydrogens (tertiary/aromatic N) is 3. The van der Waals surface area contributed by atoms with E-state index >= 15 is 0 Å². The van der Waals surface area contributed by atoms with Gasteiger partial charge in [0.1, 0.15) is 5.01 Å². The summed E-state index contributed by atoms with van der Waals surface area (Å²) in [7, 11) is 1.78. The Morgan fingerprint density at radius 2 is 1.96 bits per heavy atom. The summed E-state index contributed by atoms with van der Waals surface area (Å²) in [5.41, 5.74) is 1.38. The maximum absolute atomic E-state index is 12.2. The molecule has 2 aromatic heterocycles. The third-order valence-corrected chi connectivity index (χ3v) is 4.48. The fourth-order valence-electron chi connectivity index (χ4n) is 2.20. The van der Waals surface area contributed by atoms with Gasteiger partial charge in [-0.2, -0.15) is 5.10 Å². The first-order valence-electron chi connectivity index (χ1n) is 8.25. The highest BCUT2D eigenvalue weighted by Gasteiger charge is 2.22. The summed E-state index contributed by atoms with van der Waals surface area (Å²) in [4.78, 5) is 40.3. The lowest BCUT2D eigenvalue weighted by Gasteiger charge is -2.12. The van der Waals surface area contributed by atoms with Crippen molar-refractivity contribution in [3.63, 3.8) is 0 Å². The second-order valence-corrected chi connectivity index (χ2v) is 6.66. The van der Waals surface area contributed by atoms with Crippen LogP contribution in [0.4, 0.5) is 10.5 Å². The zero-order chi connectivity index (χ0) is 20.1. The van der Waals surface area contributed by atoms with Crippen molar-refractivity contribution in [3.8, 4) is 10.6 Å². The molecule has 0 aliphatic rings. The average Bonchev–Trinajstić information content (AvgIpc) is 3.31. The van der Waals surface area contributed by atoms with E-state index in [0.717, 1.165) is 5.56 Å². The molecule has 3 aromatic rings. The Hall–Kier alpha value is -3.53. The number of imide groups is 1. The molecule has 1 aromatic carbocycles. The van der Waals surface area contributed by atoms with Gasteiger partial charge in [0.15, 0.2) is 11.8 Å². The highest BCUT2D eigenvalue weighted by atomic mass is 32.1. The number of aromatic nitrogens is 3. The summed E-state index contributed by atoms with van der Waals surface area (Å²) in [5, 5.41) is 10.8. The molecule has 0 fully saturated rings. The monoisotopic (exact) mass is 399 g/mol. The molecule has 0 saturated heterocycles. The van der Waals surface area contributed by atoms with Crippen LogP contribution in [-0.4, -0.2) is 38.8 Å². The predicted molar refractivity (Wildman–Crippen MR) is 103 cm³/mol. The summed E-state index contributed by atoms with van der Waals surface area (Å²) in [6.45, 7) is 1.37. The highest BCUT2D eigenvalue weighted by molar-refractivity contribution is 7.13. The van der Waals surface area contributed by atoms with Crippen molar-refractivity contribution in [2.45, 2.75) is 13.0 Å². The predicted octanol–water partition coefficient (Wildman–Crippen LogP) is 2.44.